The van der Waals surface area contributed by atoms with Crippen LogP contribution in [0.3, 0.4) is 0 Å². The number of morpholine rings is 1. The summed E-state index contributed by atoms with van der Waals surface area (Å²) < 4.78 is 5.25. The highest BCUT2D eigenvalue weighted by Gasteiger charge is 2.22. The van der Waals surface area contributed by atoms with Crippen molar-refractivity contribution in [3.05, 3.63) is 30.3 Å². The molecule has 0 atom stereocenters. The smallest absolute Gasteiger partial charge is 0.334 e. The van der Waals surface area contributed by atoms with Crippen molar-refractivity contribution in [1.29, 1.82) is 0 Å². The van der Waals surface area contributed by atoms with Gasteiger partial charge in [-0.25, -0.2) is 14.8 Å². The van der Waals surface area contributed by atoms with Crippen molar-refractivity contribution in [2.75, 3.05) is 31.3 Å². The molecule has 0 spiro atoms. The van der Waals surface area contributed by atoms with Crippen LogP contribution in [-0.4, -0.2) is 37.3 Å². The summed E-state index contributed by atoms with van der Waals surface area (Å²) in [6, 6.07) is 8.92. The van der Waals surface area contributed by atoms with Crippen molar-refractivity contribution < 1.29 is 9.53 Å². The summed E-state index contributed by atoms with van der Waals surface area (Å²) in [5.74, 6) is 0. The molecular weight excluding hydrogens is 206 g/mol. The van der Waals surface area contributed by atoms with E-state index in [1.54, 1.807) is 0 Å². The normalized spacial score (nSPS) is 17.0. The van der Waals surface area contributed by atoms with Gasteiger partial charge in [0.1, 0.15) is 0 Å². The number of hydrogen-bond acceptors (Lipinski definition) is 3. The van der Waals surface area contributed by atoms with Crippen LogP contribution in [0.4, 0.5) is 10.5 Å². The molecule has 5 heteroatoms. The van der Waals surface area contributed by atoms with E-state index in [1.807, 2.05) is 35.3 Å². The maximum atomic E-state index is 11.5. The first-order chi connectivity index (χ1) is 7.79. The van der Waals surface area contributed by atoms with E-state index >= 15 is 0 Å². The van der Waals surface area contributed by atoms with Gasteiger partial charge in [0.2, 0.25) is 0 Å². The van der Waals surface area contributed by atoms with Gasteiger partial charge in [-0.3, -0.25) is 0 Å². The molecule has 0 unspecified atom stereocenters. The topological polar surface area (TPSA) is 58.8 Å². The van der Waals surface area contributed by atoms with Gasteiger partial charge < -0.3 is 10.5 Å². The van der Waals surface area contributed by atoms with E-state index in [0.29, 0.717) is 26.3 Å². The van der Waals surface area contributed by atoms with Gasteiger partial charge in [-0.05, 0) is 12.1 Å². The Labute approximate surface area is 94.4 Å². The molecule has 0 aliphatic carbocycles. The molecule has 16 heavy (non-hydrogen) atoms. The molecule has 1 fully saturated rings. The number of ether oxygens (including phenoxy) is 1. The zero-order valence-corrected chi connectivity index (χ0v) is 9.00. The third-order valence-corrected chi connectivity index (χ3v) is 2.48. The Morgan fingerprint density at radius 3 is 2.44 bits per heavy atom. The number of carbonyl (C=O) groups excluding carboxylic acids is 1. The Hall–Kier alpha value is -1.59. The third-order valence-electron chi connectivity index (χ3n) is 2.48. The van der Waals surface area contributed by atoms with Crippen molar-refractivity contribution in [2.45, 2.75) is 0 Å². The predicted octanol–water partition coefficient (Wildman–Crippen LogP) is 0.819. The number of carbonyl (C=O) groups is 1. The number of benzene rings is 1. The largest absolute Gasteiger partial charge is 0.379 e. The molecule has 1 aromatic carbocycles. The summed E-state index contributed by atoms with van der Waals surface area (Å²) in [7, 11) is 0. The maximum absolute atomic E-state index is 11.5. The minimum atomic E-state index is -0.465. The van der Waals surface area contributed by atoms with Crippen LogP contribution in [0.2, 0.25) is 0 Å². The standard InChI is InChI=1S/C11H15N3O2/c12-11(15)14(10-4-2-1-3-5-10)13-6-8-16-9-7-13/h1-5H,6-9H2,(H2,12,15). The minimum Gasteiger partial charge on any atom is -0.379 e. The van der Waals surface area contributed by atoms with Gasteiger partial charge in [-0.1, -0.05) is 18.2 Å². The number of anilines is 1. The van der Waals surface area contributed by atoms with Gasteiger partial charge in [-0.2, -0.15) is 0 Å². The number of hydrogen-bond donors (Lipinski definition) is 1. The lowest BCUT2D eigenvalue weighted by Gasteiger charge is -2.35. The highest BCUT2D eigenvalue weighted by atomic mass is 16.5. The number of para-hydroxylation sites is 1. The van der Waals surface area contributed by atoms with Crippen LogP contribution in [0.25, 0.3) is 0 Å². The summed E-state index contributed by atoms with van der Waals surface area (Å²) in [6.07, 6.45) is 0. The average molecular weight is 221 g/mol. The summed E-state index contributed by atoms with van der Waals surface area (Å²) >= 11 is 0. The molecule has 1 aromatic rings. The zero-order valence-electron chi connectivity index (χ0n) is 9.00. The van der Waals surface area contributed by atoms with Gasteiger partial charge in [0, 0.05) is 13.1 Å². The van der Waals surface area contributed by atoms with Crippen LogP contribution in [0.1, 0.15) is 0 Å². The van der Waals surface area contributed by atoms with Gasteiger partial charge in [0.15, 0.2) is 0 Å². The van der Waals surface area contributed by atoms with Crippen molar-refractivity contribution >= 4 is 11.7 Å². The van der Waals surface area contributed by atoms with E-state index < -0.39 is 6.03 Å². The molecule has 1 aliphatic heterocycles. The van der Waals surface area contributed by atoms with Crippen LogP contribution < -0.4 is 10.7 Å². The van der Waals surface area contributed by atoms with Crippen LogP contribution >= 0.6 is 0 Å². The SMILES string of the molecule is NC(=O)N(c1ccccc1)N1CCOCC1. The summed E-state index contributed by atoms with van der Waals surface area (Å²) in [5, 5.41) is 3.41. The van der Waals surface area contributed by atoms with Crippen LogP contribution in [0, 0.1) is 0 Å². The quantitative estimate of drug-likeness (QED) is 0.804. The number of urea groups is 1. The van der Waals surface area contributed by atoms with Gasteiger partial charge in [0.25, 0.3) is 0 Å². The number of primary amides is 1. The van der Waals surface area contributed by atoms with Gasteiger partial charge in [0.05, 0.1) is 18.9 Å². The average Bonchev–Trinajstić information content (AvgIpc) is 2.31. The summed E-state index contributed by atoms with van der Waals surface area (Å²) in [5.41, 5.74) is 6.19. The molecule has 86 valence electrons. The fourth-order valence-electron chi connectivity index (χ4n) is 1.75. The fraction of sp³-hybridized carbons (Fsp3) is 0.364. The summed E-state index contributed by atoms with van der Waals surface area (Å²) in [6.45, 7) is 2.60. The first-order valence-corrected chi connectivity index (χ1v) is 5.26. The predicted molar refractivity (Wildman–Crippen MR) is 60.9 cm³/mol. The molecule has 5 nitrogen and oxygen atoms in total. The Morgan fingerprint density at radius 1 is 1.25 bits per heavy atom. The lowest BCUT2D eigenvalue weighted by molar-refractivity contribution is 0.0364. The van der Waals surface area contributed by atoms with Crippen molar-refractivity contribution in [1.82, 2.24) is 5.01 Å². The number of nitrogens with zero attached hydrogens (tertiary/aromatic N) is 2. The lowest BCUT2D eigenvalue weighted by Crippen LogP contribution is -2.53. The Kier molecular flexibility index (Phi) is 3.38. The maximum Gasteiger partial charge on any atom is 0.334 e. The first kappa shape index (κ1) is 10.9. The number of nitrogens with two attached hydrogens (primary N) is 1. The molecule has 0 aromatic heterocycles. The van der Waals surface area contributed by atoms with E-state index in [4.69, 9.17) is 10.5 Å². The van der Waals surface area contributed by atoms with E-state index in [9.17, 15) is 4.79 Å². The van der Waals surface area contributed by atoms with Gasteiger partial charge >= 0.3 is 6.03 Å². The number of rotatable bonds is 2. The highest BCUT2D eigenvalue weighted by molar-refractivity contribution is 5.89. The highest BCUT2D eigenvalue weighted by Crippen LogP contribution is 2.16. The molecule has 2 rings (SSSR count). The first-order valence-electron chi connectivity index (χ1n) is 5.26. The van der Waals surface area contributed by atoms with Crippen LogP contribution in [-0.2, 0) is 4.74 Å². The molecule has 1 saturated heterocycles. The molecule has 2 amide bonds. The van der Waals surface area contributed by atoms with Crippen LogP contribution in [0.5, 0.6) is 0 Å². The van der Waals surface area contributed by atoms with Crippen LogP contribution in [0.15, 0.2) is 30.3 Å². The molecule has 1 heterocycles. The molecule has 0 radical (unpaired) electrons. The molecule has 0 saturated carbocycles. The Balaban J connectivity index is 2.20. The van der Waals surface area contributed by atoms with Crippen molar-refractivity contribution in [2.24, 2.45) is 5.73 Å². The van der Waals surface area contributed by atoms with E-state index in [0.717, 1.165) is 5.69 Å². The van der Waals surface area contributed by atoms with E-state index in [-0.39, 0.29) is 0 Å². The van der Waals surface area contributed by atoms with E-state index in [2.05, 4.69) is 0 Å². The fourth-order valence-corrected chi connectivity index (χ4v) is 1.75. The zero-order chi connectivity index (χ0) is 11.4. The van der Waals surface area contributed by atoms with Gasteiger partial charge in [-0.15, -0.1) is 0 Å². The number of amides is 2. The second-order valence-corrected chi connectivity index (χ2v) is 3.55. The minimum absolute atomic E-state index is 0.465. The van der Waals surface area contributed by atoms with E-state index in [1.165, 1.54) is 5.01 Å². The molecule has 0 bridgehead atoms. The second kappa shape index (κ2) is 4.96. The Morgan fingerprint density at radius 2 is 1.88 bits per heavy atom. The lowest BCUT2D eigenvalue weighted by atomic mass is 10.3. The second-order valence-electron chi connectivity index (χ2n) is 3.55. The molecular formula is C11H15N3O2. The summed E-state index contributed by atoms with van der Waals surface area (Å²) in [4.78, 5) is 11.5. The van der Waals surface area contributed by atoms with Crippen molar-refractivity contribution in [3.63, 3.8) is 0 Å². The Bertz CT molecular complexity index is 350. The molecule has 1 aliphatic rings. The third kappa shape index (κ3) is 2.32. The number of hydrazine groups is 1. The monoisotopic (exact) mass is 221 g/mol. The molecule has 2 N–H and O–H groups in total. The van der Waals surface area contributed by atoms with Crippen molar-refractivity contribution in [3.8, 4) is 0 Å².